The number of sulfonamides is 1. The third-order valence-electron chi connectivity index (χ3n) is 7.37. The predicted molar refractivity (Wildman–Crippen MR) is 169 cm³/mol. The van der Waals surface area contributed by atoms with E-state index in [1.807, 2.05) is 30.3 Å². The third-order valence-corrected chi connectivity index (χ3v) is 8.70. The summed E-state index contributed by atoms with van der Waals surface area (Å²) in [5.74, 6) is -0.262. The van der Waals surface area contributed by atoms with Gasteiger partial charge in [-0.3, -0.25) is 23.8 Å². The SMILES string of the molecule is CN(C(=O)Cn1c(=O)cnc2cc(Cl)c(Cl)cc21)C(CN1CCOCC1)c1ccc(-c2cccc(NS(C)(=O)=O)c2)cc1. The normalized spacial score (nSPS) is 14.9. The summed E-state index contributed by atoms with van der Waals surface area (Å²) in [6, 6.07) is 17.8. The fraction of sp³-hybridized carbons (Fsp3) is 0.300. The van der Waals surface area contributed by atoms with Crippen LogP contribution in [-0.4, -0.2) is 79.8 Å². The molecule has 1 atom stereocenters. The summed E-state index contributed by atoms with van der Waals surface area (Å²) in [5.41, 5.74) is 3.59. The zero-order valence-electron chi connectivity index (χ0n) is 23.7. The second-order valence-corrected chi connectivity index (χ2v) is 13.0. The minimum atomic E-state index is -3.41. The smallest absolute Gasteiger partial charge is 0.269 e. The highest BCUT2D eigenvalue weighted by Gasteiger charge is 2.26. The Kier molecular flexibility index (Phi) is 9.38. The largest absolute Gasteiger partial charge is 0.379 e. The Balaban J connectivity index is 1.43. The van der Waals surface area contributed by atoms with Crippen LogP contribution in [0.15, 0.2) is 71.7 Å². The van der Waals surface area contributed by atoms with Gasteiger partial charge in [-0.1, -0.05) is 59.6 Å². The van der Waals surface area contributed by atoms with E-state index in [-0.39, 0.29) is 23.5 Å². The van der Waals surface area contributed by atoms with Crippen LogP contribution < -0.4 is 10.3 Å². The number of anilines is 1. The summed E-state index contributed by atoms with van der Waals surface area (Å²) in [6.07, 6.45) is 2.28. The number of carbonyl (C=O) groups excluding carboxylic acids is 1. The van der Waals surface area contributed by atoms with Crippen molar-refractivity contribution in [1.82, 2.24) is 19.4 Å². The average molecular weight is 645 g/mol. The lowest BCUT2D eigenvalue weighted by Gasteiger charge is -2.35. The molecule has 1 unspecified atom stereocenters. The predicted octanol–water partition coefficient (Wildman–Crippen LogP) is 4.27. The first kappa shape index (κ1) is 31.0. The molecule has 1 N–H and O–H groups in total. The summed E-state index contributed by atoms with van der Waals surface area (Å²) in [7, 11) is -1.67. The van der Waals surface area contributed by atoms with Crippen molar-refractivity contribution in [2.75, 3.05) is 50.9 Å². The van der Waals surface area contributed by atoms with Gasteiger partial charge >= 0.3 is 0 Å². The van der Waals surface area contributed by atoms with Crippen LogP contribution in [0.25, 0.3) is 22.2 Å². The summed E-state index contributed by atoms with van der Waals surface area (Å²) in [4.78, 5) is 34.6. The zero-order chi connectivity index (χ0) is 30.7. The van der Waals surface area contributed by atoms with E-state index in [4.69, 9.17) is 27.9 Å². The van der Waals surface area contributed by atoms with E-state index >= 15 is 0 Å². The van der Waals surface area contributed by atoms with E-state index in [1.54, 1.807) is 42.3 Å². The van der Waals surface area contributed by atoms with Crippen LogP contribution in [-0.2, 0) is 26.1 Å². The molecule has 1 aliphatic rings. The molecule has 2 heterocycles. The second kappa shape index (κ2) is 13.0. The van der Waals surface area contributed by atoms with Gasteiger partial charge in [0.05, 0.1) is 52.8 Å². The number of halogens is 2. The molecule has 1 amide bonds. The van der Waals surface area contributed by atoms with E-state index < -0.39 is 15.6 Å². The maximum Gasteiger partial charge on any atom is 0.269 e. The van der Waals surface area contributed by atoms with E-state index in [1.165, 1.54) is 10.8 Å². The molecular formula is C30H31Cl2N5O5S. The quantitative estimate of drug-likeness (QED) is 0.290. The molecule has 1 aromatic heterocycles. The number of rotatable bonds is 9. The molecule has 0 aliphatic carbocycles. The van der Waals surface area contributed by atoms with Gasteiger partial charge in [0.25, 0.3) is 5.56 Å². The van der Waals surface area contributed by atoms with Crippen LogP contribution in [0.1, 0.15) is 11.6 Å². The van der Waals surface area contributed by atoms with E-state index in [0.29, 0.717) is 41.5 Å². The van der Waals surface area contributed by atoms with Gasteiger partial charge in [0.2, 0.25) is 15.9 Å². The number of hydrogen-bond acceptors (Lipinski definition) is 7. The van der Waals surface area contributed by atoms with Crippen molar-refractivity contribution >= 4 is 55.9 Å². The number of fused-ring (bicyclic) bond motifs is 1. The van der Waals surface area contributed by atoms with Gasteiger partial charge < -0.3 is 9.64 Å². The molecule has 5 rings (SSSR count). The molecule has 10 nitrogen and oxygen atoms in total. The Hall–Kier alpha value is -3.48. The Morgan fingerprint density at radius 1 is 1.05 bits per heavy atom. The molecule has 226 valence electrons. The molecule has 0 spiro atoms. The van der Waals surface area contributed by atoms with Gasteiger partial charge in [0, 0.05) is 32.4 Å². The lowest BCUT2D eigenvalue weighted by molar-refractivity contribution is -0.133. The lowest BCUT2D eigenvalue weighted by atomic mass is 9.99. The number of nitrogens with one attached hydrogen (secondary N) is 1. The number of carbonyl (C=O) groups is 1. The molecule has 0 saturated carbocycles. The number of morpholine rings is 1. The second-order valence-electron chi connectivity index (χ2n) is 10.4. The first-order valence-electron chi connectivity index (χ1n) is 13.6. The van der Waals surface area contributed by atoms with Crippen molar-refractivity contribution in [3.63, 3.8) is 0 Å². The third kappa shape index (κ3) is 7.54. The summed E-state index contributed by atoms with van der Waals surface area (Å²) < 4.78 is 32.8. The minimum Gasteiger partial charge on any atom is -0.379 e. The van der Waals surface area contributed by atoms with Gasteiger partial charge in [-0.2, -0.15) is 0 Å². The topological polar surface area (TPSA) is 114 Å². The highest BCUT2D eigenvalue weighted by molar-refractivity contribution is 7.92. The Bertz CT molecular complexity index is 1810. The van der Waals surface area contributed by atoms with Crippen LogP contribution in [0.4, 0.5) is 5.69 Å². The Morgan fingerprint density at radius 2 is 1.74 bits per heavy atom. The molecule has 1 fully saturated rings. The highest BCUT2D eigenvalue weighted by atomic mass is 35.5. The summed E-state index contributed by atoms with van der Waals surface area (Å²) in [5, 5.41) is 0.571. The van der Waals surface area contributed by atoms with Crippen LogP contribution in [0, 0.1) is 0 Å². The van der Waals surface area contributed by atoms with Gasteiger partial charge in [0.15, 0.2) is 0 Å². The molecule has 3 aromatic carbocycles. The molecule has 0 radical (unpaired) electrons. The maximum absolute atomic E-state index is 13.7. The minimum absolute atomic E-state index is 0.204. The monoisotopic (exact) mass is 643 g/mol. The first-order chi connectivity index (χ1) is 20.5. The molecular weight excluding hydrogens is 613 g/mol. The molecule has 0 bridgehead atoms. The zero-order valence-corrected chi connectivity index (χ0v) is 26.0. The standard InChI is InChI=1S/C30H31Cl2N5O5S/c1-35(30(39)19-37-27-16-25(32)24(31)15-26(27)33-17-29(37)38)28(18-36-10-12-42-13-11-36)21-8-6-20(7-9-21)22-4-3-5-23(14-22)34-43(2,40)41/h3-9,14-17,28,34H,10-13,18-19H2,1-2H3. The molecule has 1 saturated heterocycles. The number of nitrogens with zero attached hydrogens (tertiary/aromatic N) is 4. The Labute approximate surface area is 259 Å². The van der Waals surface area contributed by atoms with Crippen molar-refractivity contribution in [3.8, 4) is 11.1 Å². The van der Waals surface area contributed by atoms with Crippen molar-refractivity contribution in [2.45, 2.75) is 12.6 Å². The van der Waals surface area contributed by atoms with Gasteiger partial charge in [0.1, 0.15) is 6.54 Å². The van der Waals surface area contributed by atoms with Crippen LogP contribution in [0.5, 0.6) is 0 Å². The van der Waals surface area contributed by atoms with Crippen LogP contribution in [0.3, 0.4) is 0 Å². The number of ether oxygens (including phenoxy) is 1. The van der Waals surface area contributed by atoms with Crippen molar-refractivity contribution in [1.29, 1.82) is 0 Å². The fourth-order valence-corrected chi connectivity index (χ4v) is 5.97. The summed E-state index contributed by atoms with van der Waals surface area (Å²) in [6.45, 7) is 3.08. The molecule has 43 heavy (non-hydrogen) atoms. The lowest BCUT2D eigenvalue weighted by Crippen LogP contribution is -2.45. The average Bonchev–Trinajstić information content (AvgIpc) is 2.98. The van der Waals surface area contributed by atoms with Gasteiger partial charge in [-0.05, 0) is 41.0 Å². The van der Waals surface area contributed by atoms with E-state index in [0.717, 1.165) is 36.0 Å². The molecule has 1 aliphatic heterocycles. The van der Waals surface area contributed by atoms with Gasteiger partial charge in [-0.25, -0.2) is 13.4 Å². The molecule has 4 aromatic rings. The number of amides is 1. The van der Waals surface area contributed by atoms with Crippen molar-refractivity contribution in [3.05, 3.63) is 92.8 Å². The fourth-order valence-electron chi connectivity index (χ4n) is 5.10. The van der Waals surface area contributed by atoms with Crippen molar-refractivity contribution < 1.29 is 17.9 Å². The van der Waals surface area contributed by atoms with Crippen LogP contribution in [0.2, 0.25) is 10.0 Å². The first-order valence-corrected chi connectivity index (χ1v) is 16.2. The number of benzene rings is 3. The number of hydrogen-bond donors (Lipinski definition) is 1. The van der Waals surface area contributed by atoms with E-state index in [9.17, 15) is 18.0 Å². The van der Waals surface area contributed by atoms with Gasteiger partial charge in [-0.15, -0.1) is 0 Å². The summed E-state index contributed by atoms with van der Waals surface area (Å²) >= 11 is 12.4. The maximum atomic E-state index is 13.7. The Morgan fingerprint density at radius 3 is 2.44 bits per heavy atom. The number of likely N-dealkylation sites (N-methyl/N-ethyl adjacent to an activating group) is 1. The van der Waals surface area contributed by atoms with Crippen molar-refractivity contribution in [2.24, 2.45) is 0 Å². The molecule has 13 heteroatoms. The number of aromatic nitrogens is 2. The van der Waals surface area contributed by atoms with E-state index in [2.05, 4.69) is 14.6 Å². The highest BCUT2D eigenvalue weighted by Crippen LogP contribution is 2.29. The van der Waals surface area contributed by atoms with Crippen LogP contribution >= 0.6 is 23.2 Å².